The van der Waals surface area contributed by atoms with E-state index in [1.165, 1.54) is 0 Å². The molecule has 1 aromatic heterocycles. The van der Waals surface area contributed by atoms with E-state index in [0.717, 1.165) is 17.0 Å². The second kappa shape index (κ2) is 3.18. The van der Waals surface area contributed by atoms with Crippen LogP contribution in [0.1, 0.15) is 17.0 Å². The minimum atomic E-state index is 0.404. The van der Waals surface area contributed by atoms with E-state index in [4.69, 9.17) is 12.2 Å². The number of hydrogen-bond acceptors (Lipinski definition) is 2. The summed E-state index contributed by atoms with van der Waals surface area (Å²) in [4.78, 5) is 4.19. The lowest BCUT2D eigenvalue weighted by Crippen LogP contribution is -2.03. The minimum Gasteiger partial charge on any atom is -0.325 e. The molecule has 0 unspecified atom stereocenters. The number of nitrogens with zero attached hydrogens (tertiary/aromatic N) is 1. The Kier molecular flexibility index (Phi) is 2.25. The molecule has 0 aliphatic carbocycles. The molecule has 56 valence electrons. The van der Waals surface area contributed by atoms with Gasteiger partial charge in [-0.25, -0.2) is 0 Å². The number of terminal acetylenes is 1. The Hall–Kier alpha value is -1.33. The van der Waals surface area contributed by atoms with Gasteiger partial charge in [0.05, 0.1) is 5.69 Å². The summed E-state index contributed by atoms with van der Waals surface area (Å²) in [6.45, 7) is 2.32. The Balaban J connectivity index is 3.19. The Morgan fingerprint density at radius 3 is 2.91 bits per heavy atom. The van der Waals surface area contributed by atoms with Crippen LogP contribution < -0.4 is 5.73 Å². The van der Waals surface area contributed by atoms with Crippen LogP contribution in [-0.2, 0) is 6.54 Å². The molecule has 0 saturated carbocycles. The highest BCUT2D eigenvalue weighted by Crippen LogP contribution is 2.04. The van der Waals surface area contributed by atoms with Gasteiger partial charge < -0.3 is 5.73 Å². The Morgan fingerprint density at radius 1 is 1.64 bits per heavy atom. The summed E-state index contributed by atoms with van der Waals surface area (Å²) < 4.78 is 0. The lowest BCUT2D eigenvalue weighted by Gasteiger charge is -2.00. The number of hydrogen-bond donors (Lipinski definition) is 1. The van der Waals surface area contributed by atoms with Gasteiger partial charge in [0.15, 0.2) is 0 Å². The van der Waals surface area contributed by atoms with Crippen LogP contribution >= 0.6 is 0 Å². The maximum atomic E-state index is 5.44. The summed E-state index contributed by atoms with van der Waals surface area (Å²) in [6.07, 6.45) is 5.23. The van der Waals surface area contributed by atoms with Crippen molar-refractivity contribution < 1.29 is 0 Å². The van der Waals surface area contributed by atoms with Crippen molar-refractivity contribution in [3.05, 3.63) is 29.1 Å². The summed E-state index contributed by atoms with van der Waals surface area (Å²) in [5.74, 6) is 2.53. The molecule has 1 heterocycles. The SMILES string of the molecule is C#Cc1ccc(C)nc1CN. The van der Waals surface area contributed by atoms with Crippen LogP contribution in [0.4, 0.5) is 0 Å². The standard InChI is InChI=1S/C9H10N2/c1-3-8-5-4-7(2)11-9(8)6-10/h1,4-5H,6,10H2,2H3. The first-order valence-electron chi connectivity index (χ1n) is 3.41. The first-order chi connectivity index (χ1) is 5.27. The van der Waals surface area contributed by atoms with Gasteiger partial charge >= 0.3 is 0 Å². The van der Waals surface area contributed by atoms with Crippen LogP contribution in [0.15, 0.2) is 12.1 Å². The van der Waals surface area contributed by atoms with E-state index in [9.17, 15) is 0 Å². The average molecular weight is 146 g/mol. The molecule has 0 aliphatic heterocycles. The van der Waals surface area contributed by atoms with Crippen LogP contribution in [0.25, 0.3) is 0 Å². The monoisotopic (exact) mass is 146 g/mol. The third-order valence-electron chi connectivity index (χ3n) is 1.46. The van der Waals surface area contributed by atoms with Crippen LogP contribution in [0, 0.1) is 19.3 Å². The Labute approximate surface area is 66.4 Å². The van der Waals surface area contributed by atoms with Crippen LogP contribution in [0.2, 0.25) is 0 Å². The molecule has 1 rings (SSSR count). The van der Waals surface area contributed by atoms with E-state index in [2.05, 4.69) is 10.9 Å². The maximum Gasteiger partial charge on any atom is 0.0698 e. The maximum absolute atomic E-state index is 5.44. The summed E-state index contributed by atoms with van der Waals surface area (Å²) in [5, 5.41) is 0. The molecular formula is C9H10N2. The molecular weight excluding hydrogens is 136 g/mol. The molecule has 0 aliphatic rings. The van der Waals surface area contributed by atoms with Crippen molar-refractivity contribution in [1.29, 1.82) is 0 Å². The highest BCUT2D eigenvalue weighted by Gasteiger charge is 1.98. The molecule has 0 radical (unpaired) electrons. The van der Waals surface area contributed by atoms with Gasteiger partial charge in [-0.15, -0.1) is 6.42 Å². The number of aryl methyl sites for hydroxylation is 1. The van der Waals surface area contributed by atoms with Gasteiger partial charge in [-0.2, -0.15) is 0 Å². The lowest BCUT2D eigenvalue weighted by molar-refractivity contribution is 0.963. The predicted octanol–water partition coefficient (Wildman–Crippen LogP) is 0.830. The fourth-order valence-electron chi connectivity index (χ4n) is 0.898. The lowest BCUT2D eigenvalue weighted by atomic mass is 10.2. The van der Waals surface area contributed by atoms with Crippen molar-refractivity contribution in [3.8, 4) is 12.3 Å². The van der Waals surface area contributed by atoms with E-state index in [1.807, 2.05) is 19.1 Å². The number of nitrogens with two attached hydrogens (primary N) is 1. The van der Waals surface area contributed by atoms with Crippen LogP contribution in [-0.4, -0.2) is 4.98 Å². The molecule has 0 spiro atoms. The molecule has 0 aromatic carbocycles. The van der Waals surface area contributed by atoms with Crippen molar-refractivity contribution in [3.63, 3.8) is 0 Å². The molecule has 0 fully saturated rings. The first kappa shape index (κ1) is 7.77. The van der Waals surface area contributed by atoms with Gasteiger partial charge in [0.1, 0.15) is 0 Å². The Morgan fingerprint density at radius 2 is 2.36 bits per heavy atom. The van der Waals surface area contributed by atoms with E-state index in [1.54, 1.807) is 0 Å². The third kappa shape index (κ3) is 1.57. The van der Waals surface area contributed by atoms with Crippen LogP contribution in [0.5, 0.6) is 0 Å². The molecule has 2 heteroatoms. The van der Waals surface area contributed by atoms with E-state index >= 15 is 0 Å². The van der Waals surface area contributed by atoms with Gasteiger partial charge in [-0.05, 0) is 19.1 Å². The molecule has 0 bridgehead atoms. The van der Waals surface area contributed by atoms with Crippen molar-refractivity contribution in [1.82, 2.24) is 4.98 Å². The molecule has 0 amide bonds. The van der Waals surface area contributed by atoms with Gasteiger partial charge in [0.2, 0.25) is 0 Å². The highest BCUT2D eigenvalue weighted by molar-refractivity contribution is 5.36. The zero-order valence-corrected chi connectivity index (χ0v) is 6.46. The second-order valence-corrected chi connectivity index (χ2v) is 2.30. The fourth-order valence-corrected chi connectivity index (χ4v) is 0.898. The molecule has 1 aromatic rings. The smallest absolute Gasteiger partial charge is 0.0698 e. The third-order valence-corrected chi connectivity index (χ3v) is 1.46. The number of rotatable bonds is 1. The summed E-state index contributed by atoms with van der Waals surface area (Å²) >= 11 is 0. The minimum absolute atomic E-state index is 0.404. The van der Waals surface area contributed by atoms with Gasteiger partial charge in [-0.3, -0.25) is 4.98 Å². The van der Waals surface area contributed by atoms with E-state index in [0.29, 0.717) is 6.54 Å². The van der Waals surface area contributed by atoms with Crippen molar-refractivity contribution in [2.75, 3.05) is 0 Å². The normalized spacial score (nSPS) is 9.18. The second-order valence-electron chi connectivity index (χ2n) is 2.30. The molecule has 0 atom stereocenters. The highest BCUT2D eigenvalue weighted by atomic mass is 14.7. The van der Waals surface area contributed by atoms with Crippen molar-refractivity contribution in [2.45, 2.75) is 13.5 Å². The van der Waals surface area contributed by atoms with Gasteiger partial charge in [0.25, 0.3) is 0 Å². The van der Waals surface area contributed by atoms with Gasteiger partial charge in [-0.1, -0.05) is 5.92 Å². The summed E-state index contributed by atoms with van der Waals surface area (Å²) in [7, 11) is 0. The van der Waals surface area contributed by atoms with Gasteiger partial charge in [0, 0.05) is 17.8 Å². The molecule has 11 heavy (non-hydrogen) atoms. The fraction of sp³-hybridized carbons (Fsp3) is 0.222. The predicted molar refractivity (Wildman–Crippen MR) is 44.8 cm³/mol. The summed E-state index contributed by atoms with van der Waals surface area (Å²) in [5.41, 5.74) is 7.97. The average Bonchev–Trinajstić information content (AvgIpc) is 2.04. The molecule has 2 nitrogen and oxygen atoms in total. The van der Waals surface area contributed by atoms with Crippen molar-refractivity contribution >= 4 is 0 Å². The number of pyridine rings is 1. The first-order valence-corrected chi connectivity index (χ1v) is 3.41. The zero-order chi connectivity index (χ0) is 8.27. The number of aromatic nitrogens is 1. The molecule has 2 N–H and O–H groups in total. The quantitative estimate of drug-likeness (QED) is 0.596. The van der Waals surface area contributed by atoms with Crippen molar-refractivity contribution in [2.24, 2.45) is 5.73 Å². The molecule has 0 saturated heterocycles. The van der Waals surface area contributed by atoms with E-state index in [-0.39, 0.29) is 0 Å². The van der Waals surface area contributed by atoms with E-state index < -0.39 is 0 Å². The largest absolute Gasteiger partial charge is 0.325 e. The summed E-state index contributed by atoms with van der Waals surface area (Å²) in [6, 6.07) is 3.75. The van der Waals surface area contributed by atoms with Crippen LogP contribution in [0.3, 0.4) is 0 Å². The zero-order valence-electron chi connectivity index (χ0n) is 6.46. The Bertz CT molecular complexity index is 297. The topological polar surface area (TPSA) is 38.9 Å².